The van der Waals surface area contributed by atoms with E-state index in [0.29, 0.717) is 22.7 Å². The van der Waals surface area contributed by atoms with Gasteiger partial charge in [-0.15, -0.1) is 16.1 Å². The Morgan fingerprint density at radius 1 is 1.44 bits per heavy atom. The monoisotopic (exact) mass is 460 g/mol. The van der Waals surface area contributed by atoms with Crippen LogP contribution in [0.4, 0.5) is 0 Å². The van der Waals surface area contributed by atoms with E-state index in [9.17, 15) is 9.81 Å². The zero-order valence-corrected chi connectivity index (χ0v) is 18.2. The highest BCUT2D eigenvalue weighted by atomic mass is 79.9. The van der Waals surface area contributed by atoms with Gasteiger partial charge < -0.3 is 4.55 Å². The van der Waals surface area contributed by atoms with Crippen molar-refractivity contribution in [2.75, 3.05) is 0 Å². The average Bonchev–Trinajstić information content (AvgIpc) is 2.86. The summed E-state index contributed by atoms with van der Waals surface area (Å²) >= 11 is 9.99. The minimum atomic E-state index is -1.33. The Labute approximate surface area is 168 Å². The fourth-order valence-corrected chi connectivity index (χ4v) is 5.34. The molecule has 2 heterocycles. The van der Waals surface area contributed by atoms with Gasteiger partial charge in [0, 0.05) is 28.9 Å². The second-order valence-electron chi connectivity index (χ2n) is 6.71. The quantitative estimate of drug-likeness (QED) is 0.670. The molecule has 2 rings (SSSR count). The highest BCUT2D eigenvalue weighted by molar-refractivity contribution is 9.11. The molecule has 2 aromatic rings. The molecule has 0 aliphatic rings. The zero-order valence-electron chi connectivity index (χ0n) is 14.3. The van der Waals surface area contributed by atoms with Crippen molar-refractivity contribution in [1.82, 2.24) is 14.7 Å². The van der Waals surface area contributed by atoms with E-state index in [1.807, 2.05) is 33.8 Å². The molecule has 0 saturated carbocycles. The van der Waals surface area contributed by atoms with Crippen LogP contribution in [0.25, 0.3) is 0 Å². The van der Waals surface area contributed by atoms with E-state index >= 15 is 0 Å². The number of nitrogens with one attached hydrogen (secondary N) is 1. The van der Waals surface area contributed by atoms with Crippen LogP contribution in [0.2, 0.25) is 5.02 Å². The molecule has 0 bridgehead atoms. The van der Waals surface area contributed by atoms with Crippen LogP contribution in [0.1, 0.15) is 43.8 Å². The third-order valence-corrected chi connectivity index (χ3v) is 7.53. The third-order valence-electron chi connectivity index (χ3n) is 3.47. The lowest BCUT2D eigenvalue weighted by Gasteiger charge is -2.34. The number of nitriles is 1. The number of halogens is 2. The third kappa shape index (κ3) is 4.94. The second-order valence-corrected chi connectivity index (χ2v) is 11.5. The van der Waals surface area contributed by atoms with Crippen LogP contribution >= 0.6 is 38.9 Å². The predicted octanol–water partition coefficient (Wildman–Crippen LogP) is 4.34. The normalized spacial score (nSPS) is 15.4. The van der Waals surface area contributed by atoms with Crippen molar-refractivity contribution in [2.45, 2.75) is 44.4 Å². The highest BCUT2D eigenvalue weighted by Crippen LogP contribution is 2.41. The van der Waals surface area contributed by atoms with Crippen LogP contribution in [0.15, 0.2) is 22.4 Å². The van der Waals surface area contributed by atoms with Gasteiger partial charge in [-0.1, -0.05) is 11.6 Å². The summed E-state index contributed by atoms with van der Waals surface area (Å²) in [6.07, 6.45) is 3.24. The van der Waals surface area contributed by atoms with Gasteiger partial charge in [-0.3, -0.25) is 0 Å². The first-order chi connectivity index (χ1) is 11.6. The number of thiophene rings is 1. The summed E-state index contributed by atoms with van der Waals surface area (Å²) in [4.78, 5) is 8.97. The average molecular weight is 462 g/mol. The summed E-state index contributed by atoms with van der Waals surface area (Å²) in [5, 5.41) is 9.89. The molecular weight excluding hydrogens is 444 g/mol. The number of aromatic nitrogens is 2. The van der Waals surface area contributed by atoms with Crippen molar-refractivity contribution in [3.8, 4) is 6.07 Å². The lowest BCUT2D eigenvalue weighted by atomic mass is 9.93. The van der Waals surface area contributed by atoms with Gasteiger partial charge in [-0.25, -0.2) is 9.97 Å². The maximum atomic E-state index is 12.8. The first-order valence-electron chi connectivity index (χ1n) is 7.41. The summed E-state index contributed by atoms with van der Waals surface area (Å²) in [6, 6.07) is 3.92. The van der Waals surface area contributed by atoms with Crippen LogP contribution in [0.3, 0.4) is 0 Å². The van der Waals surface area contributed by atoms with Crippen molar-refractivity contribution in [3.63, 3.8) is 0 Å². The Hall–Kier alpha value is -0.690. The molecule has 0 saturated heterocycles. The minimum absolute atomic E-state index is 0.354. The van der Waals surface area contributed by atoms with Gasteiger partial charge in [0.25, 0.3) is 0 Å². The zero-order chi connectivity index (χ0) is 18.8. The van der Waals surface area contributed by atoms with Gasteiger partial charge >= 0.3 is 0 Å². The van der Waals surface area contributed by atoms with Gasteiger partial charge in [0.05, 0.1) is 20.1 Å². The predicted molar refractivity (Wildman–Crippen MR) is 106 cm³/mol. The summed E-state index contributed by atoms with van der Waals surface area (Å²) in [5.74, 6) is 0. The van der Waals surface area contributed by atoms with Crippen molar-refractivity contribution in [2.24, 2.45) is 0 Å². The van der Waals surface area contributed by atoms with Crippen molar-refractivity contribution in [1.29, 1.82) is 5.26 Å². The highest BCUT2D eigenvalue weighted by Gasteiger charge is 2.40. The van der Waals surface area contributed by atoms with E-state index < -0.39 is 21.6 Å². The molecule has 0 aromatic carbocycles. The standard InChI is InChI=1S/C16H18BrClN4OS2/c1-15(2,3)25(23)22-16(4,14-11(18)5-13(17)24-14)6-12-10(7-19)8-20-9-21-12/h5,8-9,22H,6H2,1-4H3/t16-,25+/m0/s1. The minimum Gasteiger partial charge on any atom is -0.598 e. The number of rotatable bonds is 5. The molecule has 9 heteroatoms. The van der Waals surface area contributed by atoms with Gasteiger partial charge in [0.1, 0.15) is 22.7 Å². The van der Waals surface area contributed by atoms with E-state index in [1.165, 1.54) is 23.9 Å². The molecule has 134 valence electrons. The maximum absolute atomic E-state index is 12.8. The molecule has 5 nitrogen and oxygen atoms in total. The Balaban J connectivity index is 2.49. The first-order valence-corrected chi connectivity index (χ1v) is 10.5. The lowest BCUT2D eigenvalue weighted by molar-refractivity contribution is 0.421. The molecule has 0 radical (unpaired) electrons. The smallest absolute Gasteiger partial charge is 0.136 e. The lowest BCUT2D eigenvalue weighted by Crippen LogP contribution is -2.51. The van der Waals surface area contributed by atoms with Crippen LogP contribution in [0, 0.1) is 11.3 Å². The van der Waals surface area contributed by atoms with Gasteiger partial charge in [0.15, 0.2) is 0 Å². The summed E-state index contributed by atoms with van der Waals surface area (Å²) in [6.45, 7) is 7.61. The molecule has 0 spiro atoms. The van der Waals surface area contributed by atoms with Crippen molar-refractivity contribution >= 4 is 50.2 Å². The summed E-state index contributed by atoms with van der Waals surface area (Å²) in [5.41, 5.74) is 0.217. The maximum Gasteiger partial charge on any atom is 0.136 e. The molecule has 2 atom stereocenters. The molecular formula is C16H18BrClN4OS2. The van der Waals surface area contributed by atoms with Gasteiger partial charge in [-0.05, 0) is 49.7 Å². The first kappa shape index (κ1) is 20.6. The fourth-order valence-electron chi connectivity index (χ4n) is 2.16. The molecule has 0 unspecified atom stereocenters. The summed E-state index contributed by atoms with van der Waals surface area (Å²) < 4.78 is 16.4. The Kier molecular flexibility index (Phi) is 6.52. The number of hydrogen-bond acceptors (Lipinski definition) is 6. The fraction of sp³-hybridized carbons (Fsp3) is 0.438. The summed E-state index contributed by atoms with van der Waals surface area (Å²) in [7, 11) is 0. The van der Waals surface area contributed by atoms with Crippen LogP contribution in [-0.4, -0.2) is 19.3 Å². The van der Waals surface area contributed by atoms with E-state index in [-0.39, 0.29) is 0 Å². The number of nitrogens with zero attached hydrogens (tertiary/aromatic N) is 3. The van der Waals surface area contributed by atoms with E-state index in [1.54, 1.807) is 0 Å². The Morgan fingerprint density at radius 2 is 2.12 bits per heavy atom. The van der Waals surface area contributed by atoms with E-state index in [0.717, 1.165) is 8.66 Å². The molecule has 1 N–H and O–H groups in total. The van der Waals surface area contributed by atoms with Gasteiger partial charge in [0.2, 0.25) is 0 Å². The van der Waals surface area contributed by atoms with Crippen LogP contribution in [-0.2, 0) is 23.3 Å². The molecule has 0 fully saturated rings. The molecule has 0 aliphatic carbocycles. The molecule has 2 aromatic heterocycles. The van der Waals surface area contributed by atoms with E-state index in [4.69, 9.17) is 11.6 Å². The second kappa shape index (κ2) is 7.91. The Bertz CT molecular complexity index is 802. The Morgan fingerprint density at radius 3 is 2.64 bits per heavy atom. The van der Waals surface area contributed by atoms with Crippen LogP contribution < -0.4 is 4.72 Å². The molecule has 25 heavy (non-hydrogen) atoms. The number of hydrogen-bond donors (Lipinski definition) is 1. The van der Waals surface area contributed by atoms with Crippen molar-refractivity contribution in [3.05, 3.63) is 43.5 Å². The van der Waals surface area contributed by atoms with Crippen LogP contribution in [0.5, 0.6) is 0 Å². The largest absolute Gasteiger partial charge is 0.598 e. The van der Waals surface area contributed by atoms with Crippen molar-refractivity contribution < 1.29 is 4.55 Å². The SMILES string of the molecule is CC(C)(C)[S@@+]([O-])N[C@@](C)(Cc1ncncc1C#N)c1sc(Br)cc1Cl. The molecule has 0 amide bonds. The topological polar surface area (TPSA) is 84.7 Å². The van der Waals surface area contributed by atoms with Gasteiger partial charge in [-0.2, -0.15) is 5.26 Å². The van der Waals surface area contributed by atoms with E-state index in [2.05, 4.69) is 36.7 Å². The molecule has 0 aliphatic heterocycles.